The van der Waals surface area contributed by atoms with Gasteiger partial charge in [-0.1, -0.05) is 18.2 Å². The lowest BCUT2D eigenvalue weighted by atomic mass is 9.86. The van der Waals surface area contributed by atoms with E-state index in [0.717, 1.165) is 22.3 Å². The molecule has 10 heteroatoms. The molecule has 1 N–H and O–H groups in total. The van der Waals surface area contributed by atoms with E-state index in [1.54, 1.807) is 33.0 Å². The molecule has 0 saturated heterocycles. The number of fused-ring (bicyclic) bond motifs is 8. The van der Waals surface area contributed by atoms with Crippen molar-refractivity contribution >= 4 is 11.8 Å². The first kappa shape index (κ1) is 31.7. The van der Waals surface area contributed by atoms with E-state index < -0.39 is 11.7 Å². The Morgan fingerprint density at radius 1 is 0.915 bits per heavy atom. The van der Waals surface area contributed by atoms with Crippen LogP contribution in [0.2, 0.25) is 0 Å². The van der Waals surface area contributed by atoms with Gasteiger partial charge in [0.1, 0.15) is 11.5 Å². The molecule has 1 atom stereocenters. The fraction of sp³-hybridized carbons (Fsp3) is 0.324. The highest BCUT2D eigenvalue weighted by atomic mass is 16.5. The van der Waals surface area contributed by atoms with E-state index in [9.17, 15) is 14.4 Å². The highest BCUT2D eigenvalue weighted by Gasteiger charge is 2.36. The normalized spacial score (nSPS) is 16.4. The minimum absolute atomic E-state index is 0.0369. The van der Waals surface area contributed by atoms with Crippen molar-refractivity contribution in [3.8, 4) is 28.7 Å². The van der Waals surface area contributed by atoms with Crippen molar-refractivity contribution in [3.05, 3.63) is 110 Å². The number of nitrogens with zero attached hydrogens (tertiary/aromatic N) is 1. The highest BCUT2D eigenvalue weighted by Crippen LogP contribution is 2.44. The predicted octanol–water partition coefficient (Wildman–Crippen LogP) is 5.69. The SMILES string of the molecule is COc1ccc2cc1OCCCNC(=O)CCc1cccc(c1)Oc1cc3c(cc1OC)C2N(C(=O)c1c(C)cc(=O)oc1C)CC3. The van der Waals surface area contributed by atoms with Crippen LogP contribution < -0.4 is 29.9 Å². The molecule has 47 heavy (non-hydrogen) atoms. The van der Waals surface area contributed by atoms with Crippen molar-refractivity contribution < 1.29 is 33.0 Å². The topological polar surface area (TPSA) is 117 Å². The first-order valence-electron chi connectivity index (χ1n) is 15.7. The second kappa shape index (κ2) is 13.6. The molecule has 2 amide bonds. The van der Waals surface area contributed by atoms with Gasteiger partial charge in [-0.3, -0.25) is 9.59 Å². The second-order valence-electron chi connectivity index (χ2n) is 11.7. The minimum atomic E-state index is -0.540. The number of carbonyl (C=O) groups excluding carboxylic acids is 2. The second-order valence-corrected chi connectivity index (χ2v) is 11.7. The van der Waals surface area contributed by atoms with Crippen molar-refractivity contribution in [1.82, 2.24) is 10.2 Å². The zero-order valence-corrected chi connectivity index (χ0v) is 27.0. The fourth-order valence-electron chi connectivity index (χ4n) is 6.36. The molecule has 10 nitrogen and oxygen atoms in total. The Labute approximate surface area is 273 Å². The zero-order chi connectivity index (χ0) is 33.1. The van der Waals surface area contributed by atoms with E-state index in [-0.39, 0.29) is 17.6 Å². The van der Waals surface area contributed by atoms with Crippen molar-refractivity contribution in [2.45, 2.75) is 45.6 Å². The Hall–Kier alpha value is -5.25. The first-order valence-corrected chi connectivity index (χ1v) is 15.7. The summed E-state index contributed by atoms with van der Waals surface area (Å²) in [5.41, 5.74) is 4.08. The van der Waals surface area contributed by atoms with Gasteiger partial charge in [0.05, 0.1) is 32.4 Å². The van der Waals surface area contributed by atoms with Crippen LogP contribution in [0.25, 0.3) is 0 Å². The van der Waals surface area contributed by atoms with Crippen LogP contribution in [-0.4, -0.2) is 50.6 Å². The summed E-state index contributed by atoms with van der Waals surface area (Å²) in [6.07, 6.45) is 2.08. The molecule has 4 heterocycles. The van der Waals surface area contributed by atoms with Crippen LogP contribution in [0.3, 0.4) is 0 Å². The number of benzene rings is 3. The van der Waals surface area contributed by atoms with Gasteiger partial charge in [-0.15, -0.1) is 0 Å². The third kappa shape index (κ3) is 6.67. The molecule has 0 saturated carbocycles. The van der Waals surface area contributed by atoms with Crippen LogP contribution >= 0.6 is 0 Å². The van der Waals surface area contributed by atoms with E-state index in [2.05, 4.69) is 5.32 Å². The molecule has 1 aromatic heterocycles. The maximum Gasteiger partial charge on any atom is 0.336 e. The summed E-state index contributed by atoms with van der Waals surface area (Å²) in [7, 11) is 3.16. The van der Waals surface area contributed by atoms with E-state index >= 15 is 0 Å². The largest absolute Gasteiger partial charge is 0.493 e. The number of methoxy groups -OCH3 is 2. The third-order valence-electron chi connectivity index (χ3n) is 8.63. The van der Waals surface area contributed by atoms with Crippen LogP contribution in [-0.2, 0) is 17.6 Å². The zero-order valence-electron chi connectivity index (χ0n) is 27.0. The maximum atomic E-state index is 14.4. The average molecular weight is 639 g/mol. The molecule has 0 radical (unpaired) electrons. The Balaban J connectivity index is 1.50. The molecule has 8 bridgehead atoms. The number of aryl methyl sites for hydroxylation is 3. The number of hydrogen-bond acceptors (Lipinski definition) is 8. The first-order chi connectivity index (χ1) is 22.7. The lowest BCUT2D eigenvalue weighted by molar-refractivity contribution is -0.121. The van der Waals surface area contributed by atoms with E-state index in [1.165, 1.54) is 6.07 Å². The van der Waals surface area contributed by atoms with Crippen LogP contribution in [0.4, 0.5) is 0 Å². The van der Waals surface area contributed by atoms with Gasteiger partial charge in [0.25, 0.3) is 5.91 Å². The summed E-state index contributed by atoms with van der Waals surface area (Å²) in [4.78, 5) is 40.8. The molecule has 3 aromatic carbocycles. The summed E-state index contributed by atoms with van der Waals surface area (Å²) >= 11 is 0. The summed E-state index contributed by atoms with van der Waals surface area (Å²) in [6.45, 7) is 4.60. The molecule has 1 unspecified atom stereocenters. The molecular weight excluding hydrogens is 600 g/mol. The summed E-state index contributed by atoms with van der Waals surface area (Å²) in [6, 6.07) is 18.0. The monoisotopic (exact) mass is 638 g/mol. The summed E-state index contributed by atoms with van der Waals surface area (Å²) in [5.74, 6) is 2.74. The van der Waals surface area contributed by atoms with Gasteiger partial charge in [0, 0.05) is 25.6 Å². The van der Waals surface area contributed by atoms with Crippen LogP contribution in [0, 0.1) is 13.8 Å². The molecule has 244 valence electrons. The van der Waals surface area contributed by atoms with E-state index in [0.29, 0.717) is 85.3 Å². The van der Waals surface area contributed by atoms with Gasteiger partial charge < -0.3 is 33.6 Å². The Morgan fingerprint density at radius 3 is 2.53 bits per heavy atom. The molecule has 7 rings (SSSR count). The minimum Gasteiger partial charge on any atom is -0.493 e. The van der Waals surface area contributed by atoms with E-state index in [4.69, 9.17) is 23.4 Å². The van der Waals surface area contributed by atoms with Gasteiger partial charge in [-0.25, -0.2) is 4.79 Å². The predicted molar refractivity (Wildman–Crippen MR) is 175 cm³/mol. The highest BCUT2D eigenvalue weighted by molar-refractivity contribution is 5.97. The average Bonchev–Trinajstić information content (AvgIpc) is 3.05. The Bertz CT molecular complexity index is 1850. The molecule has 3 aliphatic heterocycles. The Kier molecular flexibility index (Phi) is 9.19. The van der Waals surface area contributed by atoms with Crippen molar-refractivity contribution in [3.63, 3.8) is 0 Å². The molecule has 0 spiro atoms. The standard InChI is InChI=1S/C37H38N2O8/c1-22-17-34(41)46-23(2)35(22)37(42)39-15-13-25-19-32-30(44-4)21-28(25)36(39)26-10-11-29(43-3)31(20-26)45-16-6-14-38-33(40)12-9-24-7-5-8-27(18-24)47-32/h5,7-8,10-11,17-21,36H,6,9,12-16H2,1-4H3,(H,38,40). The van der Waals surface area contributed by atoms with Crippen molar-refractivity contribution in [1.29, 1.82) is 0 Å². The molecule has 0 fully saturated rings. The number of carbonyl (C=O) groups is 2. The molecule has 3 aliphatic rings. The van der Waals surface area contributed by atoms with Crippen molar-refractivity contribution in [2.75, 3.05) is 33.9 Å². The Morgan fingerprint density at radius 2 is 1.74 bits per heavy atom. The fourth-order valence-corrected chi connectivity index (χ4v) is 6.36. The molecular formula is C37H38N2O8. The molecule has 0 aliphatic carbocycles. The van der Waals surface area contributed by atoms with E-state index in [1.807, 2.05) is 54.6 Å². The smallest absolute Gasteiger partial charge is 0.336 e. The lowest BCUT2D eigenvalue weighted by Gasteiger charge is -2.38. The third-order valence-corrected chi connectivity index (χ3v) is 8.63. The van der Waals surface area contributed by atoms with Gasteiger partial charge in [0.15, 0.2) is 23.0 Å². The van der Waals surface area contributed by atoms with Gasteiger partial charge >= 0.3 is 5.63 Å². The summed E-state index contributed by atoms with van der Waals surface area (Å²) in [5, 5.41) is 2.97. The maximum absolute atomic E-state index is 14.4. The van der Waals surface area contributed by atoms with Gasteiger partial charge in [0.2, 0.25) is 5.91 Å². The van der Waals surface area contributed by atoms with Crippen LogP contribution in [0.15, 0.2) is 69.9 Å². The summed E-state index contributed by atoms with van der Waals surface area (Å²) < 4.78 is 29.4. The van der Waals surface area contributed by atoms with Gasteiger partial charge in [-0.2, -0.15) is 0 Å². The number of rotatable bonds is 3. The van der Waals surface area contributed by atoms with Crippen molar-refractivity contribution in [2.24, 2.45) is 0 Å². The van der Waals surface area contributed by atoms with Gasteiger partial charge in [-0.05, 0) is 97.3 Å². The molecule has 4 aromatic rings. The number of hydrogen-bond donors (Lipinski definition) is 1. The number of nitrogens with one attached hydrogen (secondary N) is 1. The van der Waals surface area contributed by atoms with Crippen LogP contribution in [0.5, 0.6) is 28.7 Å². The number of amides is 2. The lowest BCUT2D eigenvalue weighted by Crippen LogP contribution is -2.41. The quantitative estimate of drug-likeness (QED) is 0.305. The number of ether oxygens (including phenoxy) is 4. The van der Waals surface area contributed by atoms with Crippen LogP contribution in [0.1, 0.15) is 62.8 Å².